The molecule has 1 saturated carbocycles. The summed E-state index contributed by atoms with van der Waals surface area (Å²) in [6.45, 7) is 5.74. The molecule has 84 valence electrons. The summed E-state index contributed by atoms with van der Waals surface area (Å²) >= 11 is 1.89. The molecule has 0 bridgehead atoms. The highest BCUT2D eigenvalue weighted by Gasteiger charge is 2.30. The highest BCUT2D eigenvalue weighted by atomic mass is 32.2. The van der Waals surface area contributed by atoms with Gasteiger partial charge in [0.15, 0.2) is 0 Å². The SMILES string of the molecule is CCCNC(CSC(C)CO)C1CC1. The lowest BCUT2D eigenvalue weighted by Crippen LogP contribution is -2.34. The maximum Gasteiger partial charge on any atom is 0.0547 e. The summed E-state index contributed by atoms with van der Waals surface area (Å²) in [5.74, 6) is 2.08. The van der Waals surface area contributed by atoms with Crippen molar-refractivity contribution in [3.8, 4) is 0 Å². The first-order valence-corrected chi connectivity index (χ1v) is 6.78. The van der Waals surface area contributed by atoms with Crippen LogP contribution in [0.1, 0.15) is 33.1 Å². The van der Waals surface area contributed by atoms with Crippen molar-refractivity contribution < 1.29 is 5.11 Å². The Balaban J connectivity index is 2.14. The van der Waals surface area contributed by atoms with Crippen LogP contribution in [0.2, 0.25) is 0 Å². The summed E-state index contributed by atoms with van der Waals surface area (Å²) in [7, 11) is 0. The molecular weight excluding hydrogens is 194 g/mol. The van der Waals surface area contributed by atoms with Crippen LogP contribution in [0.15, 0.2) is 0 Å². The number of thioether (sulfide) groups is 1. The van der Waals surface area contributed by atoms with Crippen LogP contribution in [0.5, 0.6) is 0 Å². The summed E-state index contributed by atoms with van der Waals surface area (Å²) in [5, 5.41) is 12.9. The van der Waals surface area contributed by atoms with E-state index in [1.165, 1.54) is 19.3 Å². The second kappa shape index (κ2) is 6.70. The molecule has 0 aromatic rings. The molecule has 1 fully saturated rings. The van der Waals surface area contributed by atoms with Crippen LogP contribution in [0.4, 0.5) is 0 Å². The van der Waals surface area contributed by atoms with E-state index in [1.54, 1.807) is 0 Å². The largest absolute Gasteiger partial charge is 0.395 e. The third-order valence-corrected chi connectivity index (χ3v) is 3.93. The summed E-state index contributed by atoms with van der Waals surface area (Å²) in [5.41, 5.74) is 0. The third kappa shape index (κ3) is 4.67. The normalized spacial score (nSPS) is 20.8. The molecule has 1 rings (SSSR count). The average molecular weight is 217 g/mol. The molecular formula is C11H23NOS. The van der Waals surface area contributed by atoms with Gasteiger partial charge in [-0.15, -0.1) is 0 Å². The maximum absolute atomic E-state index is 8.94. The van der Waals surface area contributed by atoms with Gasteiger partial charge in [-0.05, 0) is 31.7 Å². The molecule has 0 heterocycles. The fourth-order valence-electron chi connectivity index (χ4n) is 1.51. The fourth-order valence-corrected chi connectivity index (χ4v) is 2.54. The zero-order chi connectivity index (χ0) is 10.4. The second-order valence-corrected chi connectivity index (χ2v) is 5.70. The monoisotopic (exact) mass is 217 g/mol. The molecule has 2 unspecified atom stereocenters. The Kier molecular flexibility index (Phi) is 5.90. The number of hydrogen-bond donors (Lipinski definition) is 2. The number of nitrogens with one attached hydrogen (secondary N) is 1. The third-order valence-electron chi connectivity index (χ3n) is 2.66. The molecule has 0 radical (unpaired) electrons. The zero-order valence-electron chi connectivity index (χ0n) is 9.33. The van der Waals surface area contributed by atoms with Crippen molar-refractivity contribution in [2.24, 2.45) is 5.92 Å². The van der Waals surface area contributed by atoms with E-state index in [-0.39, 0.29) is 0 Å². The number of rotatable bonds is 8. The molecule has 1 aliphatic carbocycles. The van der Waals surface area contributed by atoms with E-state index in [1.807, 2.05) is 11.8 Å². The molecule has 1 aliphatic rings. The predicted octanol–water partition coefficient (Wildman–Crippen LogP) is 1.88. The molecule has 0 saturated heterocycles. The Morgan fingerprint density at radius 2 is 2.21 bits per heavy atom. The minimum absolute atomic E-state index is 0.301. The Hall–Kier alpha value is 0.270. The van der Waals surface area contributed by atoms with Crippen LogP contribution in [0.25, 0.3) is 0 Å². The van der Waals surface area contributed by atoms with Gasteiger partial charge in [0, 0.05) is 17.0 Å². The average Bonchev–Trinajstić information content (AvgIpc) is 3.01. The number of aliphatic hydroxyl groups excluding tert-OH is 1. The van der Waals surface area contributed by atoms with Crippen LogP contribution >= 0.6 is 11.8 Å². The summed E-state index contributed by atoms with van der Waals surface area (Å²) in [4.78, 5) is 0. The van der Waals surface area contributed by atoms with Gasteiger partial charge in [-0.3, -0.25) is 0 Å². The van der Waals surface area contributed by atoms with Crippen molar-refractivity contribution in [1.29, 1.82) is 0 Å². The van der Waals surface area contributed by atoms with E-state index in [9.17, 15) is 0 Å². The van der Waals surface area contributed by atoms with Crippen molar-refractivity contribution in [2.75, 3.05) is 18.9 Å². The van der Waals surface area contributed by atoms with Gasteiger partial charge in [-0.2, -0.15) is 11.8 Å². The highest BCUT2D eigenvalue weighted by Crippen LogP contribution is 2.34. The Labute approximate surface area is 91.9 Å². The van der Waals surface area contributed by atoms with E-state index in [4.69, 9.17) is 5.11 Å². The van der Waals surface area contributed by atoms with Crippen LogP contribution in [-0.4, -0.2) is 35.3 Å². The molecule has 0 aliphatic heterocycles. The molecule has 0 aromatic heterocycles. The molecule has 2 N–H and O–H groups in total. The van der Waals surface area contributed by atoms with Crippen molar-refractivity contribution in [2.45, 2.75) is 44.4 Å². The highest BCUT2D eigenvalue weighted by molar-refractivity contribution is 7.99. The molecule has 3 heteroatoms. The Morgan fingerprint density at radius 1 is 1.50 bits per heavy atom. The van der Waals surface area contributed by atoms with Crippen LogP contribution in [0.3, 0.4) is 0 Å². The van der Waals surface area contributed by atoms with Gasteiger partial charge in [0.2, 0.25) is 0 Å². The molecule has 0 spiro atoms. The van der Waals surface area contributed by atoms with Crippen LogP contribution < -0.4 is 5.32 Å². The first-order valence-electron chi connectivity index (χ1n) is 5.73. The van der Waals surface area contributed by atoms with Crippen molar-refractivity contribution in [3.63, 3.8) is 0 Å². The Morgan fingerprint density at radius 3 is 2.71 bits per heavy atom. The van der Waals surface area contributed by atoms with E-state index >= 15 is 0 Å². The molecule has 2 nitrogen and oxygen atoms in total. The molecule has 0 aromatic carbocycles. The van der Waals surface area contributed by atoms with Crippen LogP contribution in [0, 0.1) is 5.92 Å². The van der Waals surface area contributed by atoms with Gasteiger partial charge in [0.05, 0.1) is 6.61 Å². The first kappa shape index (κ1) is 12.3. The van der Waals surface area contributed by atoms with Crippen LogP contribution in [-0.2, 0) is 0 Å². The van der Waals surface area contributed by atoms with Gasteiger partial charge < -0.3 is 10.4 Å². The topological polar surface area (TPSA) is 32.3 Å². The van der Waals surface area contributed by atoms with Gasteiger partial charge in [0.1, 0.15) is 0 Å². The van der Waals surface area contributed by atoms with Gasteiger partial charge in [-0.25, -0.2) is 0 Å². The van der Waals surface area contributed by atoms with E-state index in [2.05, 4.69) is 19.2 Å². The van der Waals surface area contributed by atoms with E-state index < -0.39 is 0 Å². The zero-order valence-corrected chi connectivity index (χ0v) is 10.1. The van der Waals surface area contributed by atoms with Crippen molar-refractivity contribution in [3.05, 3.63) is 0 Å². The standard InChI is InChI=1S/C11H23NOS/c1-3-6-12-11(10-4-5-10)8-14-9(2)7-13/h9-13H,3-8H2,1-2H3. The van der Waals surface area contributed by atoms with Crippen molar-refractivity contribution in [1.82, 2.24) is 5.32 Å². The molecule has 14 heavy (non-hydrogen) atoms. The number of aliphatic hydroxyl groups is 1. The minimum atomic E-state index is 0.301. The number of hydrogen-bond acceptors (Lipinski definition) is 3. The molecule has 2 atom stereocenters. The lowest BCUT2D eigenvalue weighted by Gasteiger charge is -2.19. The van der Waals surface area contributed by atoms with Gasteiger partial charge in [-0.1, -0.05) is 13.8 Å². The van der Waals surface area contributed by atoms with Crippen molar-refractivity contribution >= 4 is 11.8 Å². The second-order valence-electron chi connectivity index (χ2n) is 4.22. The first-order chi connectivity index (χ1) is 6.77. The van der Waals surface area contributed by atoms with E-state index in [0.29, 0.717) is 17.9 Å². The van der Waals surface area contributed by atoms with Gasteiger partial charge in [0.25, 0.3) is 0 Å². The lowest BCUT2D eigenvalue weighted by atomic mass is 10.2. The minimum Gasteiger partial charge on any atom is -0.395 e. The quantitative estimate of drug-likeness (QED) is 0.651. The lowest BCUT2D eigenvalue weighted by molar-refractivity contribution is 0.300. The van der Waals surface area contributed by atoms with E-state index in [0.717, 1.165) is 18.2 Å². The fraction of sp³-hybridized carbons (Fsp3) is 1.00. The predicted molar refractivity (Wildman–Crippen MR) is 63.8 cm³/mol. The smallest absolute Gasteiger partial charge is 0.0547 e. The summed E-state index contributed by atoms with van der Waals surface area (Å²) < 4.78 is 0. The Bertz CT molecular complexity index is 150. The molecule has 0 amide bonds. The maximum atomic E-state index is 8.94. The summed E-state index contributed by atoms with van der Waals surface area (Å²) in [6.07, 6.45) is 4.01. The summed E-state index contributed by atoms with van der Waals surface area (Å²) in [6, 6.07) is 0.689. The van der Waals surface area contributed by atoms with Gasteiger partial charge >= 0.3 is 0 Å².